The van der Waals surface area contributed by atoms with Gasteiger partial charge in [-0.25, -0.2) is 0 Å². The standard InChI is InChI=1S/C17H29N3O2/c1-20(2)13-5-12-19-17(21)14-22-16-9-7-15(8-10-16)6-3-4-11-18/h7-10H,3-6,11-14,18H2,1-2H3,(H,19,21). The first-order valence-corrected chi connectivity index (χ1v) is 7.95. The first-order chi connectivity index (χ1) is 10.6. The number of carbonyl (C=O) groups excluding carboxylic acids is 1. The Morgan fingerprint density at radius 1 is 1.18 bits per heavy atom. The van der Waals surface area contributed by atoms with Crippen LogP contribution in [0.2, 0.25) is 0 Å². The third-order valence-corrected chi connectivity index (χ3v) is 3.32. The van der Waals surface area contributed by atoms with Crippen molar-refractivity contribution in [1.29, 1.82) is 0 Å². The molecule has 0 spiro atoms. The number of carbonyl (C=O) groups is 1. The van der Waals surface area contributed by atoms with E-state index in [-0.39, 0.29) is 12.5 Å². The number of rotatable bonds is 11. The van der Waals surface area contributed by atoms with Gasteiger partial charge in [0.1, 0.15) is 5.75 Å². The van der Waals surface area contributed by atoms with Crippen molar-refractivity contribution in [3.8, 4) is 5.75 Å². The van der Waals surface area contributed by atoms with Crippen LogP contribution in [-0.4, -0.2) is 51.1 Å². The van der Waals surface area contributed by atoms with E-state index in [2.05, 4.69) is 10.2 Å². The summed E-state index contributed by atoms with van der Waals surface area (Å²) in [6, 6.07) is 7.91. The molecule has 1 aromatic rings. The first-order valence-electron chi connectivity index (χ1n) is 7.95. The summed E-state index contributed by atoms with van der Waals surface area (Å²) in [6.45, 7) is 2.45. The fraction of sp³-hybridized carbons (Fsp3) is 0.588. The molecule has 0 aliphatic heterocycles. The molecular formula is C17H29N3O2. The summed E-state index contributed by atoms with van der Waals surface area (Å²) in [5, 5.41) is 2.85. The van der Waals surface area contributed by atoms with Gasteiger partial charge in [-0.1, -0.05) is 12.1 Å². The Morgan fingerprint density at radius 3 is 2.55 bits per heavy atom. The molecule has 0 aliphatic rings. The van der Waals surface area contributed by atoms with Crippen molar-refractivity contribution in [2.24, 2.45) is 5.73 Å². The number of nitrogens with two attached hydrogens (primary N) is 1. The summed E-state index contributed by atoms with van der Waals surface area (Å²) in [5.74, 6) is 0.650. The topological polar surface area (TPSA) is 67.6 Å². The van der Waals surface area contributed by atoms with Crippen molar-refractivity contribution in [3.63, 3.8) is 0 Å². The largest absolute Gasteiger partial charge is 0.484 e. The molecule has 0 saturated carbocycles. The van der Waals surface area contributed by atoms with Crippen LogP contribution in [0.3, 0.4) is 0 Å². The second-order valence-electron chi connectivity index (χ2n) is 5.69. The Balaban J connectivity index is 2.19. The molecule has 22 heavy (non-hydrogen) atoms. The van der Waals surface area contributed by atoms with E-state index < -0.39 is 0 Å². The normalized spacial score (nSPS) is 10.7. The number of nitrogens with one attached hydrogen (secondary N) is 1. The van der Waals surface area contributed by atoms with Crippen LogP contribution >= 0.6 is 0 Å². The van der Waals surface area contributed by atoms with E-state index >= 15 is 0 Å². The number of benzene rings is 1. The highest BCUT2D eigenvalue weighted by Gasteiger charge is 2.02. The minimum absolute atomic E-state index is 0.0640. The van der Waals surface area contributed by atoms with Crippen molar-refractivity contribution in [2.75, 3.05) is 40.3 Å². The van der Waals surface area contributed by atoms with Crippen LogP contribution in [0.15, 0.2) is 24.3 Å². The van der Waals surface area contributed by atoms with Crippen LogP contribution in [-0.2, 0) is 11.2 Å². The summed E-state index contributed by atoms with van der Waals surface area (Å²) in [4.78, 5) is 13.7. The molecule has 0 fully saturated rings. The lowest BCUT2D eigenvalue weighted by Gasteiger charge is -2.10. The molecule has 0 aromatic heterocycles. The minimum atomic E-state index is -0.0780. The molecule has 0 aliphatic carbocycles. The van der Waals surface area contributed by atoms with Gasteiger partial charge in [0.25, 0.3) is 5.91 Å². The van der Waals surface area contributed by atoms with Crippen LogP contribution in [0.25, 0.3) is 0 Å². The Kier molecular flexibility index (Phi) is 9.26. The highest BCUT2D eigenvalue weighted by atomic mass is 16.5. The third kappa shape index (κ3) is 8.64. The quantitative estimate of drug-likeness (QED) is 0.607. The van der Waals surface area contributed by atoms with Crippen LogP contribution in [0.1, 0.15) is 24.8 Å². The van der Waals surface area contributed by atoms with Gasteiger partial charge in [0, 0.05) is 6.54 Å². The van der Waals surface area contributed by atoms with E-state index in [1.807, 2.05) is 38.4 Å². The van der Waals surface area contributed by atoms with E-state index in [1.54, 1.807) is 0 Å². The summed E-state index contributed by atoms with van der Waals surface area (Å²) in [7, 11) is 4.04. The predicted octanol–water partition coefficient (Wildman–Crippen LogP) is 1.41. The van der Waals surface area contributed by atoms with Gasteiger partial charge in [-0.15, -0.1) is 0 Å². The van der Waals surface area contributed by atoms with E-state index in [9.17, 15) is 4.79 Å². The fourth-order valence-electron chi connectivity index (χ4n) is 2.05. The Morgan fingerprint density at radius 2 is 1.91 bits per heavy atom. The number of aryl methyl sites for hydroxylation is 1. The second kappa shape index (κ2) is 11.0. The van der Waals surface area contributed by atoms with Crippen LogP contribution in [0.5, 0.6) is 5.75 Å². The Labute approximate surface area is 133 Å². The Bertz CT molecular complexity index is 418. The highest BCUT2D eigenvalue weighted by molar-refractivity contribution is 5.77. The number of hydrogen-bond donors (Lipinski definition) is 2. The number of ether oxygens (including phenoxy) is 1. The molecule has 1 amide bonds. The molecule has 0 bridgehead atoms. The number of amides is 1. The summed E-state index contributed by atoms with van der Waals surface area (Å²) in [6.07, 6.45) is 4.12. The van der Waals surface area contributed by atoms with Gasteiger partial charge in [-0.05, 0) is 70.6 Å². The molecule has 0 saturated heterocycles. The molecule has 0 heterocycles. The molecule has 1 rings (SSSR count). The van der Waals surface area contributed by atoms with E-state index in [4.69, 9.17) is 10.5 Å². The number of nitrogens with zero attached hydrogens (tertiary/aromatic N) is 1. The fourth-order valence-corrected chi connectivity index (χ4v) is 2.05. The van der Waals surface area contributed by atoms with Crippen molar-refractivity contribution < 1.29 is 9.53 Å². The number of hydrogen-bond acceptors (Lipinski definition) is 4. The molecule has 5 heteroatoms. The van der Waals surface area contributed by atoms with E-state index in [0.29, 0.717) is 6.54 Å². The number of unbranched alkanes of at least 4 members (excludes halogenated alkanes) is 1. The van der Waals surface area contributed by atoms with Crippen LogP contribution in [0, 0.1) is 0 Å². The van der Waals surface area contributed by atoms with Crippen LogP contribution < -0.4 is 15.8 Å². The van der Waals surface area contributed by atoms with E-state index in [0.717, 1.165) is 44.5 Å². The summed E-state index contributed by atoms with van der Waals surface area (Å²) < 4.78 is 5.48. The summed E-state index contributed by atoms with van der Waals surface area (Å²) in [5.41, 5.74) is 6.75. The zero-order chi connectivity index (χ0) is 16.2. The molecule has 1 aromatic carbocycles. The van der Waals surface area contributed by atoms with Crippen molar-refractivity contribution in [2.45, 2.75) is 25.7 Å². The van der Waals surface area contributed by atoms with Crippen molar-refractivity contribution >= 4 is 5.91 Å². The Hall–Kier alpha value is -1.59. The monoisotopic (exact) mass is 307 g/mol. The second-order valence-corrected chi connectivity index (χ2v) is 5.69. The van der Waals surface area contributed by atoms with Crippen molar-refractivity contribution in [3.05, 3.63) is 29.8 Å². The minimum Gasteiger partial charge on any atom is -0.484 e. The zero-order valence-corrected chi connectivity index (χ0v) is 13.8. The van der Waals surface area contributed by atoms with Crippen molar-refractivity contribution in [1.82, 2.24) is 10.2 Å². The molecular weight excluding hydrogens is 278 g/mol. The molecule has 0 radical (unpaired) electrons. The van der Waals surface area contributed by atoms with Gasteiger partial charge >= 0.3 is 0 Å². The third-order valence-electron chi connectivity index (χ3n) is 3.32. The lowest BCUT2D eigenvalue weighted by molar-refractivity contribution is -0.123. The zero-order valence-electron chi connectivity index (χ0n) is 13.8. The van der Waals surface area contributed by atoms with Gasteiger partial charge in [0.15, 0.2) is 6.61 Å². The van der Waals surface area contributed by atoms with Gasteiger partial charge in [-0.2, -0.15) is 0 Å². The summed E-state index contributed by atoms with van der Waals surface area (Å²) >= 11 is 0. The van der Waals surface area contributed by atoms with Gasteiger partial charge in [0.2, 0.25) is 0 Å². The smallest absolute Gasteiger partial charge is 0.257 e. The lowest BCUT2D eigenvalue weighted by atomic mass is 10.1. The maximum absolute atomic E-state index is 11.6. The van der Waals surface area contributed by atoms with Gasteiger partial charge in [-0.3, -0.25) is 4.79 Å². The molecule has 0 atom stereocenters. The first kappa shape index (κ1) is 18.5. The van der Waals surface area contributed by atoms with Gasteiger partial charge in [0.05, 0.1) is 0 Å². The maximum Gasteiger partial charge on any atom is 0.257 e. The molecule has 3 N–H and O–H groups in total. The SMILES string of the molecule is CN(C)CCCNC(=O)COc1ccc(CCCCN)cc1. The predicted molar refractivity (Wildman–Crippen MR) is 90.1 cm³/mol. The molecule has 124 valence electrons. The average Bonchev–Trinajstić information content (AvgIpc) is 2.51. The van der Waals surface area contributed by atoms with Gasteiger partial charge < -0.3 is 20.7 Å². The maximum atomic E-state index is 11.6. The van der Waals surface area contributed by atoms with E-state index in [1.165, 1.54) is 5.56 Å². The molecule has 5 nitrogen and oxygen atoms in total. The highest BCUT2D eigenvalue weighted by Crippen LogP contribution is 2.13. The van der Waals surface area contributed by atoms with Crippen LogP contribution in [0.4, 0.5) is 0 Å². The molecule has 0 unspecified atom stereocenters. The lowest BCUT2D eigenvalue weighted by Crippen LogP contribution is -2.31. The average molecular weight is 307 g/mol.